The second-order valence-electron chi connectivity index (χ2n) is 6.09. The Kier molecular flexibility index (Phi) is 5.74. The predicted molar refractivity (Wildman–Crippen MR) is 80.0 cm³/mol. The summed E-state index contributed by atoms with van der Waals surface area (Å²) < 4.78 is 0. The van der Waals surface area contributed by atoms with Crippen LogP contribution in [0.3, 0.4) is 0 Å². The molecule has 1 saturated heterocycles. The summed E-state index contributed by atoms with van der Waals surface area (Å²) >= 11 is 0. The lowest BCUT2D eigenvalue weighted by molar-refractivity contribution is -0.137. The van der Waals surface area contributed by atoms with E-state index in [2.05, 4.69) is 6.58 Å². The van der Waals surface area contributed by atoms with Crippen molar-refractivity contribution in [1.29, 1.82) is 0 Å². The van der Waals surface area contributed by atoms with Gasteiger partial charge in [-0.3, -0.25) is 9.59 Å². The maximum absolute atomic E-state index is 12.4. The summed E-state index contributed by atoms with van der Waals surface area (Å²) in [5.74, 6) is -0.0273. The number of carbonyl (C=O) groups excluding carboxylic acids is 2. The Labute approximate surface area is 122 Å². The molecule has 1 aliphatic rings. The molecule has 1 heterocycles. The van der Waals surface area contributed by atoms with Gasteiger partial charge in [-0.25, -0.2) is 0 Å². The van der Waals surface area contributed by atoms with Gasteiger partial charge in [0, 0.05) is 19.0 Å². The molecule has 5 heteroatoms. The van der Waals surface area contributed by atoms with Crippen LogP contribution in [0.15, 0.2) is 12.2 Å². The quantitative estimate of drug-likeness (QED) is 0.686. The van der Waals surface area contributed by atoms with Crippen molar-refractivity contribution in [3.63, 3.8) is 0 Å². The largest absolute Gasteiger partial charge is 0.322 e. The highest BCUT2D eigenvalue weighted by molar-refractivity contribution is 5.91. The highest BCUT2D eigenvalue weighted by Gasteiger charge is 2.38. The minimum Gasteiger partial charge on any atom is -0.322 e. The van der Waals surface area contributed by atoms with Crippen molar-refractivity contribution in [2.24, 2.45) is 5.92 Å². The Bertz CT molecular complexity index is 393. The average Bonchev–Trinajstić information content (AvgIpc) is 2.62. The standard InChI is InChI=1S/C15H27N3O2/c1-11(2)9-12(3)14(19)18-10-17(8-7-16(5)6)15(20)13(18)4/h12-13H,1,7-10H2,2-6H3. The van der Waals surface area contributed by atoms with Gasteiger partial charge < -0.3 is 14.7 Å². The number of hydrogen-bond donors (Lipinski definition) is 0. The van der Waals surface area contributed by atoms with Crippen molar-refractivity contribution in [3.05, 3.63) is 12.2 Å². The van der Waals surface area contributed by atoms with Crippen molar-refractivity contribution in [1.82, 2.24) is 14.7 Å². The van der Waals surface area contributed by atoms with Crippen LogP contribution in [0.5, 0.6) is 0 Å². The second-order valence-corrected chi connectivity index (χ2v) is 6.09. The van der Waals surface area contributed by atoms with Crippen LogP contribution in [0.4, 0.5) is 0 Å². The van der Waals surface area contributed by atoms with Gasteiger partial charge in [0.15, 0.2) is 0 Å². The number of carbonyl (C=O) groups is 2. The molecule has 2 amide bonds. The van der Waals surface area contributed by atoms with Crippen molar-refractivity contribution >= 4 is 11.8 Å². The topological polar surface area (TPSA) is 43.9 Å². The van der Waals surface area contributed by atoms with Crippen LogP contribution in [0.1, 0.15) is 27.2 Å². The van der Waals surface area contributed by atoms with Crippen molar-refractivity contribution in [3.8, 4) is 0 Å². The van der Waals surface area contributed by atoms with Gasteiger partial charge in [-0.1, -0.05) is 12.5 Å². The monoisotopic (exact) mass is 281 g/mol. The average molecular weight is 281 g/mol. The Morgan fingerprint density at radius 3 is 2.60 bits per heavy atom. The molecule has 0 aromatic carbocycles. The molecule has 0 spiro atoms. The van der Waals surface area contributed by atoms with Gasteiger partial charge in [0.05, 0.1) is 6.67 Å². The zero-order valence-electron chi connectivity index (χ0n) is 13.3. The van der Waals surface area contributed by atoms with Gasteiger partial charge in [-0.15, -0.1) is 6.58 Å². The lowest BCUT2D eigenvalue weighted by Gasteiger charge is -2.24. The number of nitrogens with zero attached hydrogens (tertiary/aromatic N) is 3. The lowest BCUT2D eigenvalue weighted by Crippen LogP contribution is -2.39. The molecule has 0 aromatic rings. The lowest BCUT2D eigenvalue weighted by atomic mass is 10.0. The first-order chi connectivity index (χ1) is 9.23. The van der Waals surface area contributed by atoms with E-state index in [1.165, 1.54) is 0 Å². The molecule has 2 atom stereocenters. The highest BCUT2D eigenvalue weighted by atomic mass is 16.2. The zero-order chi connectivity index (χ0) is 15.4. The van der Waals surface area contributed by atoms with E-state index < -0.39 is 0 Å². The summed E-state index contributed by atoms with van der Waals surface area (Å²) in [6.07, 6.45) is 0.675. The van der Waals surface area contributed by atoms with Crippen LogP contribution < -0.4 is 0 Å². The van der Waals surface area contributed by atoms with E-state index in [4.69, 9.17) is 0 Å². The van der Waals surface area contributed by atoms with Gasteiger partial charge in [-0.05, 0) is 34.4 Å². The smallest absolute Gasteiger partial charge is 0.246 e. The van der Waals surface area contributed by atoms with E-state index in [-0.39, 0.29) is 23.8 Å². The van der Waals surface area contributed by atoms with Gasteiger partial charge in [0.25, 0.3) is 0 Å². The van der Waals surface area contributed by atoms with Crippen LogP contribution in [0, 0.1) is 5.92 Å². The van der Waals surface area contributed by atoms with E-state index >= 15 is 0 Å². The molecule has 20 heavy (non-hydrogen) atoms. The minimum absolute atomic E-state index is 0.0428. The van der Waals surface area contributed by atoms with Crippen LogP contribution in [-0.2, 0) is 9.59 Å². The van der Waals surface area contributed by atoms with Gasteiger partial charge in [0.1, 0.15) is 6.04 Å². The fourth-order valence-corrected chi connectivity index (χ4v) is 2.43. The fraction of sp³-hybridized carbons (Fsp3) is 0.733. The van der Waals surface area contributed by atoms with E-state index in [0.717, 1.165) is 12.1 Å². The summed E-state index contributed by atoms with van der Waals surface area (Å²) in [5.41, 5.74) is 0.994. The zero-order valence-corrected chi connectivity index (χ0v) is 13.3. The molecule has 0 aliphatic carbocycles. The molecule has 5 nitrogen and oxygen atoms in total. The Balaban J connectivity index is 2.65. The first-order valence-corrected chi connectivity index (χ1v) is 7.12. The second kappa shape index (κ2) is 6.88. The molecule has 0 radical (unpaired) electrons. The number of likely N-dealkylation sites (N-methyl/N-ethyl adjacent to an activating group) is 1. The Hall–Kier alpha value is -1.36. The number of rotatable bonds is 6. The van der Waals surface area contributed by atoms with Crippen molar-refractivity contribution in [2.75, 3.05) is 33.9 Å². The summed E-state index contributed by atoms with van der Waals surface area (Å²) in [7, 11) is 3.95. The van der Waals surface area contributed by atoms with E-state index in [0.29, 0.717) is 19.6 Å². The summed E-state index contributed by atoms with van der Waals surface area (Å²) in [6.45, 7) is 11.4. The molecule has 0 saturated carbocycles. The Morgan fingerprint density at radius 2 is 2.10 bits per heavy atom. The SMILES string of the molecule is C=C(C)CC(C)C(=O)N1CN(CCN(C)C)C(=O)C1C. The minimum atomic E-state index is -0.350. The molecule has 2 unspecified atom stereocenters. The Morgan fingerprint density at radius 1 is 1.50 bits per heavy atom. The van der Waals surface area contributed by atoms with E-state index in [1.54, 1.807) is 9.80 Å². The van der Waals surface area contributed by atoms with Crippen LogP contribution in [0.2, 0.25) is 0 Å². The third-order valence-corrected chi connectivity index (χ3v) is 3.64. The van der Waals surface area contributed by atoms with Gasteiger partial charge >= 0.3 is 0 Å². The predicted octanol–water partition coefficient (Wildman–Crippen LogP) is 1.17. The van der Waals surface area contributed by atoms with Crippen molar-refractivity contribution < 1.29 is 9.59 Å². The number of allylic oxidation sites excluding steroid dienone is 1. The first-order valence-electron chi connectivity index (χ1n) is 7.12. The normalized spacial score (nSPS) is 20.7. The molecule has 114 valence electrons. The third-order valence-electron chi connectivity index (χ3n) is 3.64. The van der Waals surface area contributed by atoms with Crippen LogP contribution in [-0.4, -0.2) is 66.4 Å². The molecular formula is C15H27N3O2. The molecule has 0 aromatic heterocycles. The molecular weight excluding hydrogens is 254 g/mol. The molecule has 0 bridgehead atoms. The van der Waals surface area contributed by atoms with Gasteiger partial charge in [0.2, 0.25) is 11.8 Å². The maximum Gasteiger partial charge on any atom is 0.246 e. The maximum atomic E-state index is 12.4. The molecule has 1 rings (SSSR count). The molecule has 1 aliphatic heterocycles. The van der Waals surface area contributed by atoms with Crippen LogP contribution in [0.25, 0.3) is 0 Å². The summed E-state index contributed by atoms with van der Waals surface area (Å²) in [5, 5.41) is 0. The fourth-order valence-electron chi connectivity index (χ4n) is 2.43. The van der Waals surface area contributed by atoms with Gasteiger partial charge in [-0.2, -0.15) is 0 Å². The third kappa shape index (κ3) is 4.07. The number of hydrogen-bond acceptors (Lipinski definition) is 3. The van der Waals surface area contributed by atoms with Crippen LogP contribution >= 0.6 is 0 Å². The van der Waals surface area contributed by atoms with E-state index in [1.807, 2.05) is 39.8 Å². The first kappa shape index (κ1) is 16.7. The molecule has 0 N–H and O–H groups in total. The molecule has 1 fully saturated rings. The number of amides is 2. The summed E-state index contributed by atoms with van der Waals surface area (Å²) in [4.78, 5) is 30.1. The van der Waals surface area contributed by atoms with Crippen molar-refractivity contribution in [2.45, 2.75) is 33.2 Å². The summed E-state index contributed by atoms with van der Waals surface area (Å²) in [6, 6.07) is -0.350. The highest BCUT2D eigenvalue weighted by Crippen LogP contribution is 2.20. The van der Waals surface area contributed by atoms with E-state index in [9.17, 15) is 9.59 Å².